The second-order valence-electron chi connectivity index (χ2n) is 4.84. The van der Waals surface area contributed by atoms with Gasteiger partial charge in [0.2, 0.25) is 0 Å². The Morgan fingerprint density at radius 3 is 1.48 bits per heavy atom. The first-order chi connectivity index (χ1) is 10.7. The Balaban J connectivity index is 0.000000433. The highest BCUT2D eigenvalue weighted by molar-refractivity contribution is 7.85. The molecule has 0 bridgehead atoms. The van der Waals surface area contributed by atoms with Crippen LogP contribution in [0.1, 0.15) is 44.9 Å². The number of unbranched alkanes of at least 4 members (excludes halogenated alkanes) is 4. The van der Waals surface area contributed by atoms with Crippen LogP contribution in [0.3, 0.4) is 0 Å². The third kappa shape index (κ3) is 13.5. The minimum atomic E-state index is -4.00. The molecule has 0 amide bonds. The van der Waals surface area contributed by atoms with Crippen LogP contribution in [0.15, 0.2) is 35.2 Å². The topological polar surface area (TPSA) is 129 Å². The second kappa shape index (κ2) is 11.6. The first-order valence-corrected chi connectivity index (χ1v) is 8.63. The molecule has 23 heavy (non-hydrogen) atoms. The van der Waals surface area contributed by atoms with Crippen LogP contribution in [0.25, 0.3) is 0 Å². The summed E-state index contributed by atoms with van der Waals surface area (Å²) in [6.45, 7) is 0. The van der Waals surface area contributed by atoms with E-state index in [2.05, 4.69) is 0 Å². The number of carboxylic acid groups (broad SMARTS) is 2. The number of hydrogen-bond acceptors (Lipinski definition) is 4. The van der Waals surface area contributed by atoms with Gasteiger partial charge in [0, 0.05) is 12.8 Å². The Kier molecular flexibility index (Phi) is 10.6. The molecule has 130 valence electrons. The molecule has 0 saturated carbocycles. The lowest BCUT2D eigenvalue weighted by Gasteiger charge is -1.97. The molecule has 1 rings (SSSR count). The van der Waals surface area contributed by atoms with Crippen LogP contribution in [-0.2, 0) is 19.7 Å². The summed E-state index contributed by atoms with van der Waals surface area (Å²) in [7, 11) is -4.00. The van der Waals surface area contributed by atoms with Crippen molar-refractivity contribution in [3.8, 4) is 0 Å². The van der Waals surface area contributed by atoms with Gasteiger partial charge in [-0.2, -0.15) is 8.42 Å². The molecule has 8 heteroatoms. The molecule has 0 unspecified atom stereocenters. The number of carbonyl (C=O) groups is 2. The maximum Gasteiger partial charge on any atom is 0.303 e. The van der Waals surface area contributed by atoms with Gasteiger partial charge in [0.05, 0.1) is 4.90 Å². The molecule has 0 aliphatic heterocycles. The zero-order valence-corrected chi connectivity index (χ0v) is 13.5. The number of carboxylic acids is 2. The monoisotopic (exact) mass is 346 g/mol. The number of aliphatic carboxylic acids is 2. The van der Waals surface area contributed by atoms with Crippen LogP contribution in [0.4, 0.5) is 0 Å². The van der Waals surface area contributed by atoms with E-state index in [1.54, 1.807) is 18.2 Å². The molecule has 0 aromatic heterocycles. The Labute approximate surface area is 135 Å². The molecule has 0 fully saturated rings. The average Bonchev–Trinajstić information content (AvgIpc) is 2.46. The number of benzene rings is 1. The third-order valence-corrected chi connectivity index (χ3v) is 3.69. The summed E-state index contributed by atoms with van der Waals surface area (Å²) in [5.41, 5.74) is 0. The first kappa shape index (κ1) is 21.1. The number of rotatable bonds is 9. The summed E-state index contributed by atoms with van der Waals surface area (Å²) in [5, 5.41) is 16.6. The molecular formula is C15H22O7S. The Morgan fingerprint density at radius 2 is 1.17 bits per heavy atom. The zero-order valence-electron chi connectivity index (χ0n) is 12.7. The van der Waals surface area contributed by atoms with Gasteiger partial charge in [-0.05, 0) is 25.0 Å². The van der Waals surface area contributed by atoms with Crippen molar-refractivity contribution in [2.45, 2.75) is 49.8 Å². The summed E-state index contributed by atoms with van der Waals surface area (Å²) in [4.78, 5) is 20.1. The molecule has 0 heterocycles. The minimum Gasteiger partial charge on any atom is -0.481 e. The smallest absolute Gasteiger partial charge is 0.303 e. The van der Waals surface area contributed by atoms with E-state index in [9.17, 15) is 18.0 Å². The molecule has 1 aromatic rings. The fourth-order valence-corrected chi connectivity index (χ4v) is 2.18. The van der Waals surface area contributed by atoms with Gasteiger partial charge in [-0.15, -0.1) is 0 Å². The molecule has 0 atom stereocenters. The van der Waals surface area contributed by atoms with Crippen molar-refractivity contribution >= 4 is 22.1 Å². The van der Waals surface area contributed by atoms with Crippen molar-refractivity contribution in [3.63, 3.8) is 0 Å². The van der Waals surface area contributed by atoms with Crippen molar-refractivity contribution < 1.29 is 32.8 Å². The fourth-order valence-electron chi connectivity index (χ4n) is 1.68. The Hall–Kier alpha value is -1.93. The second-order valence-corrected chi connectivity index (χ2v) is 6.26. The average molecular weight is 346 g/mol. The SMILES string of the molecule is O=C(O)CCCCCCCC(=O)O.O=S(=O)(O)c1ccccc1. The van der Waals surface area contributed by atoms with E-state index in [0.717, 1.165) is 19.3 Å². The van der Waals surface area contributed by atoms with Gasteiger partial charge in [-0.3, -0.25) is 14.1 Å². The minimum absolute atomic E-state index is 0.0741. The number of hydrogen-bond donors (Lipinski definition) is 3. The van der Waals surface area contributed by atoms with Crippen LogP contribution < -0.4 is 0 Å². The molecule has 0 radical (unpaired) electrons. The van der Waals surface area contributed by atoms with Crippen molar-refractivity contribution in [1.29, 1.82) is 0 Å². The summed E-state index contributed by atoms with van der Waals surface area (Å²) >= 11 is 0. The van der Waals surface area contributed by atoms with E-state index in [-0.39, 0.29) is 17.7 Å². The molecule has 1 aromatic carbocycles. The van der Waals surface area contributed by atoms with Gasteiger partial charge in [-0.1, -0.05) is 37.5 Å². The first-order valence-electron chi connectivity index (χ1n) is 7.19. The van der Waals surface area contributed by atoms with E-state index in [0.29, 0.717) is 12.8 Å². The molecule has 0 aliphatic carbocycles. The Morgan fingerprint density at radius 1 is 0.783 bits per heavy atom. The third-order valence-electron chi connectivity index (χ3n) is 2.82. The fraction of sp³-hybridized carbons (Fsp3) is 0.467. The van der Waals surface area contributed by atoms with Crippen molar-refractivity contribution in [2.75, 3.05) is 0 Å². The standard InChI is InChI=1S/C9H16O4.C6H6O3S/c10-8(11)6-4-2-1-3-5-7-9(12)13;7-10(8,9)6-4-2-1-3-5-6/h1-7H2,(H,10,11)(H,12,13);1-5H,(H,7,8,9). The summed E-state index contributed by atoms with van der Waals surface area (Å²) in [6, 6.07) is 7.42. The maximum atomic E-state index is 10.4. The van der Waals surface area contributed by atoms with Crippen LogP contribution in [-0.4, -0.2) is 35.1 Å². The molecule has 0 saturated heterocycles. The van der Waals surface area contributed by atoms with Crippen LogP contribution >= 0.6 is 0 Å². The molecule has 3 N–H and O–H groups in total. The maximum absolute atomic E-state index is 10.4. The van der Waals surface area contributed by atoms with Crippen molar-refractivity contribution in [1.82, 2.24) is 0 Å². The van der Waals surface area contributed by atoms with Crippen LogP contribution in [0.5, 0.6) is 0 Å². The highest BCUT2D eigenvalue weighted by atomic mass is 32.2. The van der Waals surface area contributed by atoms with E-state index in [1.165, 1.54) is 12.1 Å². The summed E-state index contributed by atoms with van der Waals surface area (Å²) in [6.07, 6.45) is 4.53. The van der Waals surface area contributed by atoms with Gasteiger partial charge >= 0.3 is 11.9 Å². The van der Waals surface area contributed by atoms with Gasteiger partial charge in [0.1, 0.15) is 0 Å². The zero-order chi connectivity index (χ0) is 17.7. The Bertz CT molecular complexity index is 549. The molecular weight excluding hydrogens is 324 g/mol. The predicted molar refractivity (Wildman–Crippen MR) is 83.8 cm³/mol. The lowest BCUT2D eigenvalue weighted by atomic mass is 10.1. The quantitative estimate of drug-likeness (QED) is 0.463. The lowest BCUT2D eigenvalue weighted by Crippen LogP contribution is -1.96. The van der Waals surface area contributed by atoms with E-state index in [4.69, 9.17) is 14.8 Å². The van der Waals surface area contributed by atoms with Crippen molar-refractivity contribution in [3.05, 3.63) is 30.3 Å². The van der Waals surface area contributed by atoms with Gasteiger partial charge in [-0.25, -0.2) is 0 Å². The van der Waals surface area contributed by atoms with Crippen LogP contribution in [0, 0.1) is 0 Å². The highest BCUT2D eigenvalue weighted by Crippen LogP contribution is 2.07. The molecule has 0 aliphatic rings. The van der Waals surface area contributed by atoms with E-state index < -0.39 is 22.1 Å². The normalized spacial score (nSPS) is 10.5. The molecule has 7 nitrogen and oxygen atoms in total. The highest BCUT2D eigenvalue weighted by Gasteiger charge is 2.05. The van der Waals surface area contributed by atoms with Gasteiger partial charge < -0.3 is 10.2 Å². The van der Waals surface area contributed by atoms with Crippen molar-refractivity contribution in [2.24, 2.45) is 0 Å². The summed E-state index contributed by atoms with van der Waals surface area (Å²) < 4.78 is 29.2. The molecule has 0 spiro atoms. The van der Waals surface area contributed by atoms with Gasteiger partial charge in [0.15, 0.2) is 0 Å². The van der Waals surface area contributed by atoms with E-state index in [1.807, 2.05) is 0 Å². The van der Waals surface area contributed by atoms with Gasteiger partial charge in [0.25, 0.3) is 10.1 Å². The van der Waals surface area contributed by atoms with E-state index >= 15 is 0 Å². The predicted octanol–water partition coefficient (Wildman–Crippen LogP) is 2.82. The van der Waals surface area contributed by atoms with Crippen LogP contribution in [0.2, 0.25) is 0 Å². The largest absolute Gasteiger partial charge is 0.481 e. The summed E-state index contributed by atoms with van der Waals surface area (Å²) in [5.74, 6) is -1.52. The lowest BCUT2D eigenvalue weighted by molar-refractivity contribution is -0.138.